The third-order valence-electron chi connectivity index (χ3n) is 2.43. The lowest BCUT2D eigenvalue weighted by Gasteiger charge is -2.04. The van der Waals surface area contributed by atoms with Gasteiger partial charge in [-0.1, -0.05) is 27.3 Å². The van der Waals surface area contributed by atoms with Crippen molar-refractivity contribution in [2.45, 2.75) is 6.92 Å². The first-order chi connectivity index (χ1) is 9.01. The lowest BCUT2D eigenvalue weighted by Crippen LogP contribution is -2.01. The average molecular weight is 342 g/mol. The number of hydrogen-bond donors (Lipinski definition) is 2. The molecule has 2 aromatic rings. The van der Waals surface area contributed by atoms with Crippen molar-refractivity contribution in [3.8, 4) is 0 Å². The number of methoxy groups -OCH3 is 1. The van der Waals surface area contributed by atoms with Crippen molar-refractivity contribution >= 4 is 49.9 Å². The lowest BCUT2D eigenvalue weighted by atomic mass is 10.2. The second-order valence-corrected chi connectivity index (χ2v) is 5.67. The minimum Gasteiger partial charge on any atom is -0.465 e. The van der Waals surface area contributed by atoms with Crippen LogP contribution in [-0.2, 0) is 4.74 Å². The quantitative estimate of drug-likeness (QED) is 0.837. The van der Waals surface area contributed by atoms with E-state index in [-0.39, 0.29) is 5.82 Å². The number of carbonyl (C=O) groups excluding carboxylic acids is 1. The van der Waals surface area contributed by atoms with Crippen molar-refractivity contribution in [2.75, 3.05) is 18.2 Å². The summed E-state index contributed by atoms with van der Waals surface area (Å²) in [6.45, 7) is 1.99. The molecule has 0 radical (unpaired) electrons. The van der Waals surface area contributed by atoms with E-state index in [9.17, 15) is 4.79 Å². The van der Waals surface area contributed by atoms with Crippen LogP contribution in [-0.4, -0.2) is 18.1 Å². The van der Waals surface area contributed by atoms with Gasteiger partial charge in [0.1, 0.15) is 0 Å². The number of nitrogens with zero attached hydrogens (tertiary/aromatic N) is 1. The summed E-state index contributed by atoms with van der Waals surface area (Å²) in [7, 11) is 1.31. The second kappa shape index (κ2) is 5.58. The first-order valence-corrected chi connectivity index (χ1v) is 7.00. The summed E-state index contributed by atoms with van der Waals surface area (Å²) in [5, 5.41) is 3.67. The normalized spacial score (nSPS) is 10.3. The first-order valence-electron chi connectivity index (χ1n) is 5.39. The number of benzene rings is 1. The Labute approximate surface area is 122 Å². The van der Waals surface area contributed by atoms with Crippen molar-refractivity contribution in [3.63, 3.8) is 0 Å². The average Bonchev–Trinajstić information content (AvgIpc) is 2.74. The van der Waals surface area contributed by atoms with E-state index >= 15 is 0 Å². The van der Waals surface area contributed by atoms with E-state index < -0.39 is 5.97 Å². The molecule has 0 atom stereocenters. The summed E-state index contributed by atoms with van der Waals surface area (Å²) in [6.07, 6.45) is 0. The molecule has 0 aliphatic rings. The molecule has 0 aliphatic carbocycles. The molecule has 7 heteroatoms. The number of aryl methyl sites for hydroxylation is 1. The van der Waals surface area contributed by atoms with Crippen LogP contribution in [0.3, 0.4) is 0 Å². The highest BCUT2D eigenvalue weighted by Gasteiger charge is 2.16. The van der Waals surface area contributed by atoms with Crippen molar-refractivity contribution in [2.24, 2.45) is 0 Å². The molecule has 0 fully saturated rings. The van der Waals surface area contributed by atoms with Gasteiger partial charge in [-0.15, -0.1) is 0 Å². The number of anilines is 3. The minimum absolute atomic E-state index is 0.174. The third-order valence-corrected chi connectivity index (χ3v) is 4.29. The number of carbonyl (C=O) groups is 1. The number of halogens is 1. The van der Waals surface area contributed by atoms with Crippen LogP contribution in [0.2, 0.25) is 0 Å². The van der Waals surface area contributed by atoms with E-state index in [1.807, 2.05) is 25.1 Å². The Bertz CT molecular complexity index is 627. The lowest BCUT2D eigenvalue weighted by molar-refractivity contribution is 0.0607. The van der Waals surface area contributed by atoms with Crippen LogP contribution in [0.15, 0.2) is 22.7 Å². The Morgan fingerprint density at radius 2 is 2.26 bits per heavy atom. The Hall–Kier alpha value is -1.60. The maximum absolute atomic E-state index is 11.4. The molecule has 0 aliphatic heterocycles. The van der Waals surface area contributed by atoms with Crippen LogP contribution in [0.1, 0.15) is 15.2 Å². The maximum Gasteiger partial charge on any atom is 0.351 e. The van der Waals surface area contributed by atoms with Gasteiger partial charge in [0.05, 0.1) is 7.11 Å². The molecule has 1 heterocycles. The van der Waals surface area contributed by atoms with Gasteiger partial charge in [0, 0.05) is 10.2 Å². The molecular weight excluding hydrogens is 330 g/mol. The molecule has 0 spiro atoms. The van der Waals surface area contributed by atoms with Crippen LogP contribution in [0.25, 0.3) is 0 Å². The molecule has 3 N–H and O–H groups in total. The number of thiazole rings is 1. The van der Waals surface area contributed by atoms with E-state index in [2.05, 4.69) is 31.0 Å². The summed E-state index contributed by atoms with van der Waals surface area (Å²) in [6, 6.07) is 5.82. The number of ether oxygens (including phenoxy) is 1. The summed E-state index contributed by atoms with van der Waals surface area (Å²) in [5.74, 6) is -0.303. The Balaban J connectivity index is 2.24. The standard InChI is InChI=1S/C12H12BrN3O2S/c1-6-5-7(3-4-8(6)13)15-12-16-10(14)9(19-12)11(17)18-2/h3-5H,14H2,1-2H3,(H,15,16). The summed E-state index contributed by atoms with van der Waals surface area (Å²) < 4.78 is 5.67. The molecule has 1 aromatic carbocycles. The minimum atomic E-state index is -0.477. The van der Waals surface area contributed by atoms with Crippen LogP contribution >= 0.6 is 27.3 Å². The molecule has 0 unspecified atom stereocenters. The van der Waals surface area contributed by atoms with Gasteiger partial charge in [-0.3, -0.25) is 0 Å². The second-order valence-electron chi connectivity index (χ2n) is 3.81. The first kappa shape index (κ1) is 13.8. The monoisotopic (exact) mass is 341 g/mol. The number of rotatable bonds is 3. The van der Waals surface area contributed by atoms with E-state index in [0.29, 0.717) is 10.0 Å². The SMILES string of the molecule is COC(=O)c1sc(Nc2ccc(Br)c(C)c2)nc1N. The van der Waals surface area contributed by atoms with Gasteiger partial charge in [0.25, 0.3) is 0 Å². The molecule has 19 heavy (non-hydrogen) atoms. The predicted octanol–water partition coefficient (Wildman–Crippen LogP) is 3.33. The van der Waals surface area contributed by atoms with Crippen LogP contribution < -0.4 is 11.1 Å². The Morgan fingerprint density at radius 3 is 2.89 bits per heavy atom. The fraction of sp³-hybridized carbons (Fsp3) is 0.167. The van der Waals surface area contributed by atoms with Gasteiger partial charge in [-0.2, -0.15) is 0 Å². The largest absolute Gasteiger partial charge is 0.465 e. The van der Waals surface area contributed by atoms with E-state index in [1.54, 1.807) is 0 Å². The number of hydrogen-bond acceptors (Lipinski definition) is 6. The van der Waals surface area contributed by atoms with Gasteiger partial charge in [0.2, 0.25) is 0 Å². The van der Waals surface area contributed by atoms with Crippen molar-refractivity contribution in [3.05, 3.63) is 33.1 Å². The molecule has 0 bridgehead atoms. The smallest absolute Gasteiger partial charge is 0.351 e. The van der Waals surface area contributed by atoms with Gasteiger partial charge >= 0.3 is 5.97 Å². The summed E-state index contributed by atoms with van der Waals surface area (Å²) in [5.41, 5.74) is 7.66. The fourth-order valence-electron chi connectivity index (χ4n) is 1.47. The Morgan fingerprint density at radius 1 is 1.53 bits per heavy atom. The zero-order valence-corrected chi connectivity index (χ0v) is 12.8. The number of nitrogens with one attached hydrogen (secondary N) is 1. The number of esters is 1. The predicted molar refractivity (Wildman–Crippen MR) is 80.0 cm³/mol. The third kappa shape index (κ3) is 3.05. The van der Waals surface area contributed by atoms with E-state index in [0.717, 1.165) is 27.1 Å². The molecule has 100 valence electrons. The highest BCUT2D eigenvalue weighted by molar-refractivity contribution is 9.10. The summed E-state index contributed by atoms with van der Waals surface area (Å²) >= 11 is 4.60. The zero-order chi connectivity index (χ0) is 14.0. The topological polar surface area (TPSA) is 77.2 Å². The van der Waals surface area contributed by atoms with E-state index in [4.69, 9.17) is 5.73 Å². The van der Waals surface area contributed by atoms with Crippen molar-refractivity contribution < 1.29 is 9.53 Å². The molecule has 2 rings (SSSR count). The fourth-order valence-corrected chi connectivity index (χ4v) is 2.54. The number of nitrogen functional groups attached to an aromatic ring is 1. The van der Waals surface area contributed by atoms with E-state index in [1.165, 1.54) is 7.11 Å². The van der Waals surface area contributed by atoms with Gasteiger partial charge < -0.3 is 15.8 Å². The molecule has 0 saturated carbocycles. The van der Waals surface area contributed by atoms with Gasteiger partial charge in [0.15, 0.2) is 15.8 Å². The number of nitrogens with two attached hydrogens (primary N) is 1. The molecule has 5 nitrogen and oxygen atoms in total. The molecular formula is C12H12BrN3O2S. The maximum atomic E-state index is 11.4. The molecule has 0 saturated heterocycles. The van der Waals surface area contributed by atoms with Gasteiger partial charge in [-0.25, -0.2) is 9.78 Å². The molecule has 1 aromatic heterocycles. The Kier molecular flexibility index (Phi) is 4.06. The number of aromatic nitrogens is 1. The highest BCUT2D eigenvalue weighted by Crippen LogP contribution is 2.29. The van der Waals surface area contributed by atoms with Crippen LogP contribution in [0, 0.1) is 6.92 Å². The van der Waals surface area contributed by atoms with Crippen molar-refractivity contribution in [1.82, 2.24) is 4.98 Å². The van der Waals surface area contributed by atoms with Crippen LogP contribution in [0.5, 0.6) is 0 Å². The summed E-state index contributed by atoms with van der Waals surface area (Å²) in [4.78, 5) is 15.8. The van der Waals surface area contributed by atoms with Crippen LogP contribution in [0.4, 0.5) is 16.6 Å². The van der Waals surface area contributed by atoms with Gasteiger partial charge in [-0.05, 0) is 30.7 Å². The zero-order valence-electron chi connectivity index (χ0n) is 10.4. The highest BCUT2D eigenvalue weighted by atomic mass is 79.9. The molecule has 0 amide bonds. The van der Waals surface area contributed by atoms with Crippen molar-refractivity contribution in [1.29, 1.82) is 0 Å².